The molecule has 0 unspecified atom stereocenters. The normalized spacial score (nSPS) is 13.0. The highest BCUT2D eigenvalue weighted by Crippen LogP contribution is 2.32. The predicted molar refractivity (Wildman–Crippen MR) is 82.0 cm³/mol. The number of benzene rings is 2. The van der Waals surface area contributed by atoms with Gasteiger partial charge >= 0.3 is 0 Å². The Morgan fingerprint density at radius 1 is 1.13 bits per heavy atom. The van der Waals surface area contributed by atoms with Crippen LogP contribution in [0.4, 0.5) is 0 Å². The summed E-state index contributed by atoms with van der Waals surface area (Å²) >= 11 is 0. The third-order valence-electron chi connectivity index (χ3n) is 3.33. The maximum atomic E-state index is 12.1. The molecule has 23 heavy (non-hydrogen) atoms. The molecule has 118 valence electrons. The molecule has 0 aromatic heterocycles. The largest absolute Gasteiger partial charge is 0.508 e. The maximum Gasteiger partial charge on any atom is 0.271 e. The first-order valence-electron chi connectivity index (χ1n) is 6.81. The molecule has 2 aromatic carbocycles. The average Bonchev–Trinajstić information content (AvgIpc) is 2.99. The predicted octanol–water partition coefficient (Wildman–Crippen LogP) is 1.98. The number of amides is 1. The van der Waals surface area contributed by atoms with Gasteiger partial charge in [0.1, 0.15) is 11.5 Å². The van der Waals surface area contributed by atoms with Crippen LogP contribution in [0, 0.1) is 0 Å². The van der Waals surface area contributed by atoms with E-state index in [4.69, 9.17) is 9.47 Å². The number of rotatable bonds is 3. The topological polar surface area (TPSA) is 100 Å². The first kappa shape index (κ1) is 14.7. The van der Waals surface area contributed by atoms with Gasteiger partial charge in [-0.2, -0.15) is 5.10 Å². The van der Waals surface area contributed by atoms with Crippen LogP contribution in [0.5, 0.6) is 23.0 Å². The van der Waals surface area contributed by atoms with Crippen molar-refractivity contribution in [1.82, 2.24) is 5.43 Å². The fourth-order valence-electron chi connectivity index (χ4n) is 2.12. The van der Waals surface area contributed by atoms with Gasteiger partial charge in [-0.1, -0.05) is 0 Å². The summed E-state index contributed by atoms with van der Waals surface area (Å²) in [6.45, 7) is 1.77. The van der Waals surface area contributed by atoms with Gasteiger partial charge in [0.25, 0.3) is 5.91 Å². The number of hydrogen-bond donors (Lipinski definition) is 3. The Morgan fingerprint density at radius 3 is 2.70 bits per heavy atom. The Balaban J connectivity index is 1.75. The van der Waals surface area contributed by atoms with E-state index < -0.39 is 5.91 Å². The summed E-state index contributed by atoms with van der Waals surface area (Å²) in [7, 11) is 0. The summed E-state index contributed by atoms with van der Waals surface area (Å²) in [5, 5.41) is 23.0. The van der Waals surface area contributed by atoms with Crippen molar-refractivity contribution in [2.24, 2.45) is 5.10 Å². The summed E-state index contributed by atoms with van der Waals surface area (Å²) in [4.78, 5) is 12.1. The van der Waals surface area contributed by atoms with E-state index in [1.165, 1.54) is 18.2 Å². The third kappa shape index (κ3) is 3.03. The second kappa shape index (κ2) is 5.88. The van der Waals surface area contributed by atoms with Gasteiger partial charge in [-0.25, -0.2) is 5.43 Å². The van der Waals surface area contributed by atoms with Crippen molar-refractivity contribution in [3.05, 3.63) is 47.5 Å². The first-order valence-corrected chi connectivity index (χ1v) is 6.81. The van der Waals surface area contributed by atoms with Crippen molar-refractivity contribution in [3.8, 4) is 23.0 Å². The lowest BCUT2D eigenvalue weighted by molar-refractivity contribution is 0.0954. The second-order valence-electron chi connectivity index (χ2n) is 4.91. The standard InChI is InChI=1S/C16H14N2O5/c1-9(12-4-3-11(19)7-13(12)20)17-18-16(21)10-2-5-14-15(6-10)23-8-22-14/h2-7,19-20H,8H2,1H3,(H,18,21). The molecule has 0 bridgehead atoms. The molecule has 0 aliphatic carbocycles. The minimum atomic E-state index is -0.416. The highest BCUT2D eigenvalue weighted by Gasteiger charge is 2.16. The van der Waals surface area contributed by atoms with Gasteiger partial charge in [0, 0.05) is 17.2 Å². The van der Waals surface area contributed by atoms with Crippen LogP contribution in [0.3, 0.4) is 0 Å². The van der Waals surface area contributed by atoms with Crippen LogP contribution in [0.2, 0.25) is 0 Å². The second-order valence-corrected chi connectivity index (χ2v) is 4.91. The van der Waals surface area contributed by atoms with Crippen LogP contribution in [0.1, 0.15) is 22.8 Å². The van der Waals surface area contributed by atoms with Crippen LogP contribution in [0.25, 0.3) is 0 Å². The summed E-state index contributed by atoms with van der Waals surface area (Å²) in [6, 6.07) is 8.96. The number of hydrazone groups is 1. The van der Waals surface area contributed by atoms with Crippen molar-refractivity contribution >= 4 is 11.6 Å². The van der Waals surface area contributed by atoms with E-state index >= 15 is 0 Å². The lowest BCUT2D eigenvalue weighted by Crippen LogP contribution is -2.19. The molecule has 1 heterocycles. The summed E-state index contributed by atoms with van der Waals surface area (Å²) in [5.41, 5.74) is 3.60. The van der Waals surface area contributed by atoms with Crippen LogP contribution >= 0.6 is 0 Å². The fraction of sp³-hybridized carbons (Fsp3) is 0.125. The van der Waals surface area contributed by atoms with Gasteiger partial charge < -0.3 is 19.7 Å². The molecule has 3 rings (SSSR count). The highest BCUT2D eigenvalue weighted by molar-refractivity contribution is 6.02. The van der Waals surface area contributed by atoms with Crippen LogP contribution in [0.15, 0.2) is 41.5 Å². The SMILES string of the molecule is CC(=NNC(=O)c1ccc2c(c1)OCO2)c1ccc(O)cc1O. The van der Waals surface area contributed by atoms with E-state index in [-0.39, 0.29) is 18.3 Å². The van der Waals surface area contributed by atoms with Gasteiger partial charge in [0.05, 0.1) is 5.71 Å². The molecule has 7 heteroatoms. The number of nitrogens with one attached hydrogen (secondary N) is 1. The molecule has 0 spiro atoms. The van der Waals surface area contributed by atoms with Gasteiger partial charge in [-0.15, -0.1) is 0 Å². The monoisotopic (exact) mass is 314 g/mol. The zero-order valence-electron chi connectivity index (χ0n) is 12.2. The molecule has 3 N–H and O–H groups in total. The van der Waals surface area contributed by atoms with E-state index in [0.717, 1.165) is 0 Å². The van der Waals surface area contributed by atoms with Gasteiger partial charge in [-0.3, -0.25) is 4.79 Å². The Bertz CT molecular complexity index is 801. The van der Waals surface area contributed by atoms with Crippen molar-refractivity contribution in [2.45, 2.75) is 6.92 Å². The van der Waals surface area contributed by atoms with E-state index in [0.29, 0.717) is 28.3 Å². The Kier molecular flexibility index (Phi) is 3.76. The summed E-state index contributed by atoms with van der Waals surface area (Å²) in [5.74, 6) is 0.512. The van der Waals surface area contributed by atoms with E-state index in [1.54, 1.807) is 25.1 Å². The molecule has 1 amide bonds. The number of phenolic OH excluding ortho intramolecular Hbond substituents is 2. The van der Waals surface area contributed by atoms with E-state index in [2.05, 4.69) is 10.5 Å². The molecule has 0 radical (unpaired) electrons. The van der Waals surface area contributed by atoms with Crippen molar-refractivity contribution in [1.29, 1.82) is 0 Å². The summed E-state index contributed by atoms with van der Waals surface area (Å²) in [6.07, 6.45) is 0. The molecule has 0 fully saturated rings. The molecule has 0 atom stereocenters. The molecule has 0 saturated heterocycles. The number of ether oxygens (including phenoxy) is 2. The van der Waals surface area contributed by atoms with Crippen LogP contribution in [-0.2, 0) is 0 Å². The van der Waals surface area contributed by atoms with Gasteiger partial charge in [0.15, 0.2) is 11.5 Å². The Hall–Kier alpha value is -3.22. The average molecular weight is 314 g/mol. The number of aromatic hydroxyl groups is 2. The van der Waals surface area contributed by atoms with Crippen LogP contribution < -0.4 is 14.9 Å². The number of nitrogens with zero attached hydrogens (tertiary/aromatic N) is 1. The maximum absolute atomic E-state index is 12.1. The Morgan fingerprint density at radius 2 is 1.91 bits per heavy atom. The number of hydrogen-bond acceptors (Lipinski definition) is 6. The lowest BCUT2D eigenvalue weighted by Gasteiger charge is -2.06. The highest BCUT2D eigenvalue weighted by atomic mass is 16.7. The molecule has 1 aliphatic heterocycles. The van der Waals surface area contributed by atoms with E-state index in [9.17, 15) is 15.0 Å². The minimum absolute atomic E-state index is 0.0524. The number of phenols is 2. The zero-order valence-corrected chi connectivity index (χ0v) is 12.2. The first-order chi connectivity index (χ1) is 11.0. The van der Waals surface area contributed by atoms with Crippen molar-refractivity contribution in [2.75, 3.05) is 6.79 Å². The van der Waals surface area contributed by atoms with Crippen molar-refractivity contribution in [3.63, 3.8) is 0 Å². The number of carbonyl (C=O) groups is 1. The van der Waals surface area contributed by atoms with Gasteiger partial charge in [-0.05, 0) is 37.3 Å². The third-order valence-corrected chi connectivity index (χ3v) is 3.33. The zero-order chi connectivity index (χ0) is 16.4. The number of carbonyl (C=O) groups excluding carboxylic acids is 1. The molecule has 1 aliphatic rings. The molecule has 2 aromatic rings. The van der Waals surface area contributed by atoms with Crippen molar-refractivity contribution < 1.29 is 24.5 Å². The summed E-state index contributed by atoms with van der Waals surface area (Å²) < 4.78 is 10.4. The lowest BCUT2D eigenvalue weighted by atomic mass is 10.1. The quantitative estimate of drug-likeness (QED) is 0.594. The van der Waals surface area contributed by atoms with Crippen LogP contribution in [-0.4, -0.2) is 28.6 Å². The fourth-order valence-corrected chi connectivity index (χ4v) is 2.12. The smallest absolute Gasteiger partial charge is 0.271 e. The van der Waals surface area contributed by atoms with E-state index in [1.807, 2.05) is 0 Å². The molecular weight excluding hydrogens is 300 g/mol. The van der Waals surface area contributed by atoms with Gasteiger partial charge in [0.2, 0.25) is 6.79 Å². The minimum Gasteiger partial charge on any atom is -0.508 e. The number of fused-ring (bicyclic) bond motifs is 1. The Labute approximate surface area is 131 Å². The molecule has 7 nitrogen and oxygen atoms in total. The molecule has 0 saturated carbocycles. The molecular formula is C16H14N2O5.